The van der Waals surface area contributed by atoms with Gasteiger partial charge in [0.15, 0.2) is 0 Å². The van der Waals surface area contributed by atoms with E-state index in [9.17, 15) is 15.0 Å². The Morgan fingerprint density at radius 2 is 1.56 bits per heavy atom. The fraction of sp³-hybridized carbons (Fsp3) is 0.320. The molecule has 0 unspecified atom stereocenters. The first-order valence-corrected chi connectivity index (χ1v) is 10.9. The third-order valence-corrected chi connectivity index (χ3v) is 5.87. The Kier molecular flexibility index (Phi) is 6.37. The summed E-state index contributed by atoms with van der Waals surface area (Å²) >= 11 is 0. The van der Waals surface area contributed by atoms with E-state index in [1.54, 1.807) is 4.90 Å². The Morgan fingerprint density at radius 1 is 0.906 bits per heavy atom. The van der Waals surface area contributed by atoms with Gasteiger partial charge in [0.05, 0.1) is 0 Å². The van der Waals surface area contributed by atoms with Crippen LogP contribution in [0.1, 0.15) is 30.9 Å². The lowest BCUT2D eigenvalue weighted by Gasteiger charge is -2.34. The van der Waals surface area contributed by atoms with Crippen molar-refractivity contribution < 1.29 is 19.8 Å². The van der Waals surface area contributed by atoms with E-state index in [4.69, 9.17) is 4.84 Å². The fourth-order valence-corrected chi connectivity index (χ4v) is 4.05. The summed E-state index contributed by atoms with van der Waals surface area (Å²) in [6.45, 7) is 7.72. The molecule has 7 nitrogen and oxygen atoms in total. The fourth-order valence-electron chi connectivity index (χ4n) is 4.05. The molecule has 3 aromatic rings. The number of aromatic nitrogens is 1. The zero-order valence-corrected chi connectivity index (χ0v) is 18.4. The summed E-state index contributed by atoms with van der Waals surface area (Å²) in [4.78, 5) is 21.4. The Hall–Kier alpha value is -3.45. The predicted octanol–water partition coefficient (Wildman–Crippen LogP) is 4.06. The van der Waals surface area contributed by atoms with Crippen molar-refractivity contribution in [2.24, 2.45) is 0 Å². The number of carbonyl (C=O) groups is 1. The van der Waals surface area contributed by atoms with Gasteiger partial charge >= 0.3 is 6.09 Å². The van der Waals surface area contributed by atoms with Gasteiger partial charge in [-0.25, -0.2) is 4.79 Å². The second-order valence-electron chi connectivity index (χ2n) is 8.40. The van der Waals surface area contributed by atoms with Crippen LogP contribution < -0.4 is 4.84 Å². The molecule has 1 aliphatic heterocycles. The summed E-state index contributed by atoms with van der Waals surface area (Å²) < 4.78 is 0.720. The molecular weight excluding hydrogens is 406 g/mol. The molecule has 32 heavy (non-hydrogen) atoms. The molecule has 0 aliphatic carbocycles. The Labute approximate surface area is 188 Å². The number of rotatable bonds is 5. The molecule has 1 saturated heterocycles. The van der Waals surface area contributed by atoms with Crippen LogP contribution in [-0.2, 0) is 6.54 Å². The number of aromatic hydroxyl groups is 2. The standard InChI is InChI=1S/C25H29N3O4/c1-18(2)22-16-20(19-6-4-3-5-7-19)8-9-21(22)17-26-12-14-27(15-13-26)25(31)32-28-23(29)10-11-24(28)30/h3-11,16,18,29-30H,12-15,17H2,1-2H3. The second-order valence-corrected chi connectivity index (χ2v) is 8.40. The summed E-state index contributed by atoms with van der Waals surface area (Å²) in [5.74, 6) is -0.240. The van der Waals surface area contributed by atoms with E-state index < -0.39 is 6.09 Å². The van der Waals surface area contributed by atoms with Crippen molar-refractivity contribution in [2.45, 2.75) is 26.3 Å². The molecule has 1 aliphatic rings. The number of carbonyl (C=O) groups excluding carboxylic acids is 1. The van der Waals surface area contributed by atoms with E-state index in [2.05, 4.69) is 61.2 Å². The predicted molar refractivity (Wildman–Crippen MR) is 123 cm³/mol. The van der Waals surface area contributed by atoms with Gasteiger partial charge in [-0.2, -0.15) is 0 Å². The summed E-state index contributed by atoms with van der Waals surface area (Å²) in [7, 11) is 0. The van der Waals surface area contributed by atoms with Crippen LogP contribution in [0.2, 0.25) is 0 Å². The molecule has 0 atom stereocenters. The van der Waals surface area contributed by atoms with Gasteiger partial charge in [-0.05, 0) is 28.2 Å². The van der Waals surface area contributed by atoms with Crippen LogP contribution in [0.25, 0.3) is 11.1 Å². The van der Waals surface area contributed by atoms with E-state index >= 15 is 0 Å². The Balaban J connectivity index is 1.39. The maximum atomic E-state index is 12.4. The first kappa shape index (κ1) is 21.8. The molecule has 1 fully saturated rings. The van der Waals surface area contributed by atoms with Gasteiger partial charge in [0.25, 0.3) is 0 Å². The van der Waals surface area contributed by atoms with Crippen molar-refractivity contribution >= 4 is 6.09 Å². The molecule has 2 heterocycles. The number of hydrogen-bond acceptors (Lipinski definition) is 5. The SMILES string of the molecule is CC(C)c1cc(-c2ccccc2)ccc1CN1CCN(C(=O)On2c(O)ccc2O)CC1. The van der Waals surface area contributed by atoms with E-state index in [1.807, 2.05) is 6.07 Å². The summed E-state index contributed by atoms with van der Waals surface area (Å²) in [6, 6.07) is 19.6. The third kappa shape index (κ3) is 4.73. The lowest BCUT2D eigenvalue weighted by Crippen LogP contribution is -2.50. The zero-order chi connectivity index (χ0) is 22.7. The highest BCUT2D eigenvalue weighted by atomic mass is 16.7. The van der Waals surface area contributed by atoms with Gasteiger partial charge in [0, 0.05) is 44.9 Å². The molecule has 7 heteroatoms. The van der Waals surface area contributed by atoms with Gasteiger partial charge in [-0.1, -0.05) is 62.4 Å². The molecule has 2 N–H and O–H groups in total. The van der Waals surface area contributed by atoms with Gasteiger partial charge in [0.1, 0.15) is 0 Å². The largest absolute Gasteiger partial charge is 0.492 e. The second kappa shape index (κ2) is 9.36. The smallest absolute Gasteiger partial charge is 0.434 e. The van der Waals surface area contributed by atoms with E-state index in [-0.39, 0.29) is 11.8 Å². The topological polar surface area (TPSA) is 78.2 Å². The molecule has 0 bridgehead atoms. The first-order chi connectivity index (χ1) is 15.4. The molecule has 1 amide bonds. The van der Waals surface area contributed by atoms with Crippen LogP contribution in [-0.4, -0.2) is 57.0 Å². The Morgan fingerprint density at radius 3 is 2.19 bits per heavy atom. The summed E-state index contributed by atoms with van der Waals surface area (Å²) in [5, 5.41) is 19.3. The number of amides is 1. The third-order valence-electron chi connectivity index (χ3n) is 5.87. The van der Waals surface area contributed by atoms with E-state index in [0.717, 1.165) is 24.4 Å². The molecule has 2 aromatic carbocycles. The van der Waals surface area contributed by atoms with Crippen LogP contribution in [0.15, 0.2) is 60.7 Å². The average molecular weight is 436 g/mol. The van der Waals surface area contributed by atoms with Crippen molar-refractivity contribution in [3.8, 4) is 22.9 Å². The first-order valence-electron chi connectivity index (χ1n) is 10.9. The number of hydrogen-bond donors (Lipinski definition) is 2. The lowest BCUT2D eigenvalue weighted by atomic mass is 9.92. The minimum atomic E-state index is -0.596. The van der Waals surface area contributed by atoms with Crippen molar-refractivity contribution in [3.63, 3.8) is 0 Å². The molecule has 168 valence electrons. The molecule has 4 rings (SSSR count). The monoisotopic (exact) mass is 435 g/mol. The number of benzene rings is 2. The zero-order valence-electron chi connectivity index (χ0n) is 18.4. The maximum absolute atomic E-state index is 12.4. The summed E-state index contributed by atoms with van der Waals surface area (Å²) in [5.41, 5.74) is 5.08. The van der Waals surface area contributed by atoms with Gasteiger partial charge in [-0.3, -0.25) is 4.90 Å². The summed E-state index contributed by atoms with van der Waals surface area (Å²) in [6.07, 6.45) is -0.596. The van der Waals surface area contributed by atoms with Gasteiger partial charge in [0.2, 0.25) is 11.8 Å². The molecular formula is C25H29N3O4. The van der Waals surface area contributed by atoms with Crippen molar-refractivity contribution in [1.82, 2.24) is 14.5 Å². The average Bonchev–Trinajstić information content (AvgIpc) is 3.12. The molecule has 0 spiro atoms. The van der Waals surface area contributed by atoms with Gasteiger partial charge < -0.3 is 20.0 Å². The Bertz CT molecular complexity index is 1050. The minimum Gasteiger partial charge on any atom is -0.492 e. The van der Waals surface area contributed by atoms with E-state index in [1.165, 1.54) is 34.4 Å². The van der Waals surface area contributed by atoms with Crippen molar-refractivity contribution in [3.05, 3.63) is 71.8 Å². The normalized spacial score (nSPS) is 14.7. The quantitative estimate of drug-likeness (QED) is 0.632. The van der Waals surface area contributed by atoms with Crippen LogP contribution in [0, 0.1) is 0 Å². The van der Waals surface area contributed by atoms with Crippen LogP contribution in [0.5, 0.6) is 11.8 Å². The van der Waals surface area contributed by atoms with E-state index in [0.29, 0.717) is 19.0 Å². The lowest BCUT2D eigenvalue weighted by molar-refractivity contribution is 0.0555. The molecule has 0 saturated carbocycles. The van der Waals surface area contributed by atoms with Crippen molar-refractivity contribution in [1.29, 1.82) is 0 Å². The minimum absolute atomic E-state index is 0.324. The van der Waals surface area contributed by atoms with Crippen molar-refractivity contribution in [2.75, 3.05) is 26.2 Å². The highest BCUT2D eigenvalue weighted by Gasteiger charge is 2.25. The van der Waals surface area contributed by atoms with Crippen LogP contribution in [0.3, 0.4) is 0 Å². The van der Waals surface area contributed by atoms with Crippen LogP contribution in [0.4, 0.5) is 4.79 Å². The molecule has 1 aromatic heterocycles. The molecule has 0 radical (unpaired) electrons. The highest BCUT2D eigenvalue weighted by molar-refractivity contribution is 5.68. The number of nitrogens with zero attached hydrogens (tertiary/aromatic N) is 3. The number of piperazine rings is 1. The maximum Gasteiger partial charge on any atom is 0.434 e. The highest BCUT2D eigenvalue weighted by Crippen LogP contribution is 2.28. The van der Waals surface area contributed by atoms with Gasteiger partial charge in [-0.15, -0.1) is 4.73 Å². The van der Waals surface area contributed by atoms with Crippen LogP contribution >= 0.6 is 0 Å².